The van der Waals surface area contributed by atoms with E-state index < -0.39 is 10.2 Å². The molecule has 2 N–H and O–H groups in total. The molecule has 0 radical (unpaired) electrons. The molecular weight excluding hydrogens is 312 g/mol. The first-order chi connectivity index (χ1) is 6.59. The first kappa shape index (κ1) is 12.3. The summed E-state index contributed by atoms with van der Waals surface area (Å²) in [5, 5.41) is 18.4. The van der Waals surface area contributed by atoms with E-state index >= 15 is 0 Å². The van der Waals surface area contributed by atoms with Gasteiger partial charge in [-0.1, -0.05) is 28.4 Å². The normalized spacial score (nSPS) is 12.6. The Bertz CT molecular complexity index is 298. The zero-order valence-electron chi connectivity index (χ0n) is 7.72. The predicted molar refractivity (Wildman–Crippen MR) is 68.2 cm³/mol. The summed E-state index contributed by atoms with van der Waals surface area (Å²) >= 11 is 3.34. The fraction of sp³-hybridized carbons (Fsp3) is 0.375. The van der Waals surface area contributed by atoms with Crippen molar-refractivity contribution < 1.29 is 10.1 Å². The molecule has 0 bridgehead atoms. The summed E-state index contributed by atoms with van der Waals surface area (Å²) in [7, 11) is 0. The van der Waals surface area contributed by atoms with Crippen LogP contribution in [0.5, 0.6) is 0 Å². The smallest absolute Gasteiger partial charge is 0.432 e. The van der Waals surface area contributed by atoms with E-state index in [4.69, 9.17) is 5.02 Å². The number of aliphatic hydroxyl groups is 1. The summed E-state index contributed by atoms with van der Waals surface area (Å²) in [4.78, 5) is 4.26. The monoisotopic (exact) mass is 323 g/mol. The van der Waals surface area contributed by atoms with Gasteiger partial charge >= 0.3 is 4.05 Å². The summed E-state index contributed by atoms with van der Waals surface area (Å²) in [6.45, 7) is 1.69. The van der Waals surface area contributed by atoms with Crippen LogP contribution in [0, 0.1) is 0 Å². The summed E-state index contributed by atoms with van der Waals surface area (Å²) < 4.78 is -0.412. The van der Waals surface area contributed by atoms with Gasteiger partial charge in [-0.05, 0) is 19.1 Å². The molecule has 1 atom stereocenters. The molecule has 6 heteroatoms. The van der Waals surface area contributed by atoms with E-state index in [9.17, 15) is 5.11 Å². The third-order valence-corrected chi connectivity index (χ3v) is 3.44. The van der Waals surface area contributed by atoms with Crippen LogP contribution in [-0.2, 0) is 5.75 Å². The second-order valence-electron chi connectivity index (χ2n) is 2.83. The van der Waals surface area contributed by atoms with Crippen LogP contribution in [0.4, 0.5) is 0 Å². The number of nitrogens with zero attached hydrogens (tertiary/aromatic N) is 1. The van der Waals surface area contributed by atoms with Crippen molar-refractivity contribution in [3.63, 3.8) is 0 Å². The quantitative estimate of drug-likeness (QED) is 0.655. The Hall–Kier alpha value is 0.215. The van der Waals surface area contributed by atoms with Crippen molar-refractivity contribution in [1.29, 1.82) is 0 Å². The standard InChI is InChI=1S/C8H11BINO2S/c1-6(12)8-4-2-3-7(11-8)5-14-9(10)13/h2-4,6,12-13H,5H2,1H3. The summed E-state index contributed by atoms with van der Waals surface area (Å²) in [5.41, 5.74) is 1.55. The summed E-state index contributed by atoms with van der Waals surface area (Å²) in [5.74, 6) is 0.657. The van der Waals surface area contributed by atoms with Crippen LogP contribution in [0.1, 0.15) is 24.4 Å². The van der Waals surface area contributed by atoms with Crippen molar-refractivity contribution in [3.05, 3.63) is 29.6 Å². The van der Waals surface area contributed by atoms with E-state index in [2.05, 4.69) is 4.98 Å². The van der Waals surface area contributed by atoms with E-state index in [1.54, 1.807) is 13.0 Å². The third-order valence-electron chi connectivity index (χ3n) is 1.63. The molecule has 0 aliphatic heterocycles. The van der Waals surface area contributed by atoms with Gasteiger partial charge in [-0.3, -0.25) is 4.98 Å². The highest BCUT2D eigenvalue weighted by Gasteiger charge is 2.08. The Balaban J connectivity index is 2.64. The number of rotatable bonds is 4. The minimum absolute atomic E-state index is 0.412. The lowest BCUT2D eigenvalue weighted by atomic mass is 10.2. The van der Waals surface area contributed by atoms with Gasteiger partial charge in [-0.2, -0.15) is 11.6 Å². The second-order valence-corrected chi connectivity index (χ2v) is 5.93. The second kappa shape index (κ2) is 5.94. The van der Waals surface area contributed by atoms with Crippen molar-refractivity contribution in [2.45, 2.75) is 18.8 Å². The molecule has 1 aromatic heterocycles. The Morgan fingerprint density at radius 1 is 1.64 bits per heavy atom. The summed E-state index contributed by atoms with van der Waals surface area (Å²) in [6.07, 6.45) is -0.538. The zero-order valence-corrected chi connectivity index (χ0v) is 10.7. The molecule has 0 spiro atoms. The fourth-order valence-electron chi connectivity index (χ4n) is 0.965. The fourth-order valence-corrected chi connectivity index (χ4v) is 1.97. The van der Waals surface area contributed by atoms with Crippen molar-refractivity contribution in [2.24, 2.45) is 0 Å². The molecule has 76 valence electrons. The van der Waals surface area contributed by atoms with Gasteiger partial charge in [0.15, 0.2) is 0 Å². The topological polar surface area (TPSA) is 53.4 Å². The molecule has 3 nitrogen and oxygen atoms in total. The van der Waals surface area contributed by atoms with Gasteiger partial charge in [-0.25, -0.2) is 0 Å². The van der Waals surface area contributed by atoms with E-state index in [-0.39, 0.29) is 0 Å². The van der Waals surface area contributed by atoms with Crippen molar-refractivity contribution in [1.82, 2.24) is 4.98 Å². The van der Waals surface area contributed by atoms with Gasteiger partial charge in [0.05, 0.1) is 11.8 Å². The number of aliphatic hydroxyl groups excluding tert-OH is 1. The van der Waals surface area contributed by atoms with Crippen LogP contribution in [0.25, 0.3) is 0 Å². The van der Waals surface area contributed by atoms with E-state index in [1.807, 2.05) is 34.5 Å². The van der Waals surface area contributed by atoms with Gasteiger partial charge in [0.2, 0.25) is 0 Å². The van der Waals surface area contributed by atoms with Crippen molar-refractivity contribution in [3.8, 4) is 0 Å². The minimum atomic E-state index is -0.538. The van der Waals surface area contributed by atoms with E-state index in [1.165, 1.54) is 11.6 Å². The number of hydrogen-bond donors (Lipinski definition) is 2. The van der Waals surface area contributed by atoms with Gasteiger partial charge < -0.3 is 10.1 Å². The molecule has 0 saturated heterocycles. The molecule has 0 aromatic carbocycles. The molecule has 0 saturated carbocycles. The molecule has 1 aromatic rings. The zero-order chi connectivity index (χ0) is 10.6. The first-order valence-electron chi connectivity index (χ1n) is 4.17. The average Bonchev–Trinajstić information content (AvgIpc) is 2.15. The molecule has 0 fully saturated rings. The maximum Gasteiger partial charge on any atom is 0.432 e. The first-order valence-corrected chi connectivity index (χ1v) is 6.46. The van der Waals surface area contributed by atoms with Crippen LogP contribution in [0.3, 0.4) is 0 Å². The van der Waals surface area contributed by atoms with Crippen molar-refractivity contribution >= 4 is 38.0 Å². The number of hydrogen-bond acceptors (Lipinski definition) is 4. The number of pyridine rings is 1. The maximum atomic E-state index is 9.31. The predicted octanol–water partition coefficient (Wildman–Crippen LogP) is 1.78. The Labute approximate surface area is 101 Å². The molecule has 1 heterocycles. The highest BCUT2D eigenvalue weighted by atomic mass is 127. The molecule has 0 aliphatic rings. The van der Waals surface area contributed by atoms with Gasteiger partial charge in [0.25, 0.3) is 0 Å². The molecule has 1 rings (SSSR count). The molecule has 0 aliphatic carbocycles. The van der Waals surface area contributed by atoms with Crippen LogP contribution < -0.4 is 0 Å². The number of halogens is 1. The molecular formula is C8H11BINO2S. The van der Waals surface area contributed by atoms with Crippen LogP contribution >= 0.6 is 34.0 Å². The maximum absolute atomic E-state index is 9.31. The van der Waals surface area contributed by atoms with Crippen molar-refractivity contribution in [2.75, 3.05) is 0 Å². The lowest BCUT2D eigenvalue weighted by molar-refractivity contribution is 0.194. The number of aromatic nitrogens is 1. The Morgan fingerprint density at radius 2 is 2.36 bits per heavy atom. The van der Waals surface area contributed by atoms with Gasteiger partial charge in [0, 0.05) is 11.4 Å². The minimum Gasteiger partial charge on any atom is -0.433 e. The van der Waals surface area contributed by atoms with Crippen LogP contribution in [-0.4, -0.2) is 19.2 Å². The highest BCUT2D eigenvalue weighted by molar-refractivity contribution is 14.1. The molecule has 0 amide bonds. The molecule has 14 heavy (non-hydrogen) atoms. The van der Waals surface area contributed by atoms with Gasteiger partial charge in [0.1, 0.15) is 0 Å². The third kappa shape index (κ3) is 4.16. The average molecular weight is 323 g/mol. The lowest BCUT2D eigenvalue weighted by Gasteiger charge is -2.06. The highest BCUT2D eigenvalue weighted by Crippen LogP contribution is 2.17. The van der Waals surface area contributed by atoms with Crippen LogP contribution in [0.2, 0.25) is 0 Å². The lowest BCUT2D eigenvalue weighted by Crippen LogP contribution is -2.00. The Morgan fingerprint density at radius 3 is 2.93 bits per heavy atom. The SMILES string of the molecule is CC(O)c1cccc(CSB(O)I)n1. The van der Waals surface area contributed by atoms with Crippen LogP contribution in [0.15, 0.2) is 18.2 Å². The molecule has 1 unspecified atom stereocenters. The van der Waals surface area contributed by atoms with E-state index in [0.29, 0.717) is 11.4 Å². The largest absolute Gasteiger partial charge is 0.433 e. The van der Waals surface area contributed by atoms with Gasteiger partial charge in [-0.15, -0.1) is 0 Å². The summed E-state index contributed by atoms with van der Waals surface area (Å²) in [6, 6.07) is 5.54. The van der Waals surface area contributed by atoms with E-state index in [0.717, 1.165) is 5.69 Å². The Kier molecular flexibility index (Phi) is 5.21.